The Morgan fingerprint density at radius 1 is 0.968 bits per heavy atom. The van der Waals surface area contributed by atoms with Gasteiger partial charge in [0.1, 0.15) is 13.2 Å². The third-order valence-electron chi connectivity index (χ3n) is 5.91. The second-order valence-corrected chi connectivity index (χ2v) is 7.69. The fourth-order valence-corrected chi connectivity index (χ4v) is 4.73. The van der Waals surface area contributed by atoms with E-state index in [2.05, 4.69) is 51.8 Å². The number of hydrogen-bond acceptors (Lipinski definition) is 7. The highest BCUT2D eigenvalue weighted by atomic mass is 16.5. The van der Waals surface area contributed by atoms with Crippen molar-refractivity contribution in [2.75, 3.05) is 0 Å². The van der Waals surface area contributed by atoms with Gasteiger partial charge < -0.3 is 9.47 Å². The molecule has 1 aromatic heterocycles. The average Bonchev–Trinajstić information content (AvgIpc) is 3.30. The molecule has 160 valence electrons. The summed E-state index contributed by atoms with van der Waals surface area (Å²) >= 11 is 0. The van der Waals surface area contributed by atoms with Crippen molar-refractivity contribution in [3.63, 3.8) is 0 Å². The lowest BCUT2D eigenvalue weighted by molar-refractivity contribution is -0.130. The monoisotopic (exact) mass is 420 g/mol. The molecule has 0 fully saturated rings. The summed E-state index contributed by atoms with van der Waals surface area (Å²) in [7, 11) is 0. The van der Waals surface area contributed by atoms with E-state index in [1.807, 2.05) is 12.1 Å². The van der Waals surface area contributed by atoms with Crippen LogP contribution in [0.1, 0.15) is 59.0 Å². The first-order valence-electron chi connectivity index (χ1n) is 10.3. The summed E-state index contributed by atoms with van der Waals surface area (Å²) < 4.78 is 9.93. The minimum atomic E-state index is -0.559. The van der Waals surface area contributed by atoms with Gasteiger partial charge in [-0.05, 0) is 52.6 Å². The summed E-state index contributed by atoms with van der Waals surface area (Å²) in [5.74, 6) is 0.632. The number of carbonyl (C=O) groups excluding carboxylic acids is 2. The van der Waals surface area contributed by atoms with Crippen LogP contribution in [0.2, 0.25) is 0 Å². The van der Waals surface area contributed by atoms with Gasteiger partial charge in [0.05, 0.1) is 5.41 Å². The van der Waals surface area contributed by atoms with Gasteiger partial charge >= 0.3 is 0 Å². The van der Waals surface area contributed by atoms with Crippen molar-refractivity contribution in [2.45, 2.75) is 51.2 Å². The fraction of sp³-hybridized carbons (Fsp3) is 0.348. The molecule has 0 amide bonds. The smallest absolute Gasteiger partial charge is 0.293 e. The van der Waals surface area contributed by atoms with E-state index in [9.17, 15) is 9.59 Å². The van der Waals surface area contributed by atoms with Gasteiger partial charge in [0.15, 0.2) is 5.82 Å². The predicted octanol–water partition coefficient (Wildman–Crippen LogP) is 2.78. The van der Waals surface area contributed by atoms with Crippen LogP contribution in [0.4, 0.5) is 0 Å². The number of tetrazole rings is 1. The molecule has 1 N–H and O–H groups in total. The van der Waals surface area contributed by atoms with E-state index >= 15 is 0 Å². The van der Waals surface area contributed by atoms with Crippen LogP contribution in [0, 0.1) is 0 Å². The van der Waals surface area contributed by atoms with Crippen LogP contribution in [-0.4, -0.2) is 33.6 Å². The first-order valence-corrected chi connectivity index (χ1v) is 10.3. The molecule has 0 spiro atoms. The van der Waals surface area contributed by atoms with Crippen LogP contribution >= 0.6 is 0 Å². The number of nitrogens with one attached hydrogen (secondary N) is 1. The Morgan fingerprint density at radius 2 is 1.55 bits per heavy atom. The number of nitrogens with zero attached hydrogens (tertiary/aromatic N) is 3. The van der Waals surface area contributed by atoms with Crippen LogP contribution in [-0.2, 0) is 50.5 Å². The Labute approximate surface area is 180 Å². The lowest BCUT2D eigenvalue weighted by Crippen LogP contribution is -2.32. The van der Waals surface area contributed by atoms with Gasteiger partial charge in [-0.25, -0.2) is 0 Å². The van der Waals surface area contributed by atoms with Crippen LogP contribution in [0.25, 0.3) is 0 Å². The number of aryl methyl sites for hydroxylation is 2. The van der Waals surface area contributed by atoms with E-state index in [1.165, 1.54) is 11.1 Å². The number of ether oxygens (including phenoxy) is 2. The number of benzene rings is 2. The van der Waals surface area contributed by atoms with Crippen LogP contribution < -0.4 is 0 Å². The average molecular weight is 420 g/mol. The summed E-state index contributed by atoms with van der Waals surface area (Å²) in [6.45, 7) is 3.54. The zero-order chi connectivity index (χ0) is 21.7. The highest BCUT2D eigenvalue weighted by Crippen LogP contribution is 2.46. The second-order valence-electron chi connectivity index (χ2n) is 7.69. The molecule has 0 bridgehead atoms. The number of H-pyrrole nitrogens is 1. The van der Waals surface area contributed by atoms with Crippen molar-refractivity contribution in [3.8, 4) is 0 Å². The van der Waals surface area contributed by atoms with Gasteiger partial charge in [0.2, 0.25) is 0 Å². The number of aromatic amines is 1. The number of hydrogen-bond donors (Lipinski definition) is 1. The molecule has 4 rings (SSSR count). The van der Waals surface area contributed by atoms with Crippen molar-refractivity contribution < 1.29 is 19.1 Å². The highest BCUT2D eigenvalue weighted by molar-refractivity contribution is 5.56. The van der Waals surface area contributed by atoms with Gasteiger partial charge in [-0.2, -0.15) is 5.21 Å². The summed E-state index contributed by atoms with van der Waals surface area (Å²) in [5, 5.41) is 15.3. The molecule has 31 heavy (non-hydrogen) atoms. The second kappa shape index (κ2) is 9.07. The van der Waals surface area contributed by atoms with E-state index < -0.39 is 5.41 Å². The third kappa shape index (κ3) is 3.81. The largest absolute Gasteiger partial charge is 0.463 e. The highest BCUT2D eigenvalue weighted by Gasteiger charge is 2.43. The zero-order valence-corrected chi connectivity index (χ0v) is 17.3. The molecular weight excluding hydrogens is 396 g/mol. The maximum absolute atomic E-state index is 10.6. The first-order chi connectivity index (χ1) is 15.2. The topological polar surface area (TPSA) is 107 Å². The minimum absolute atomic E-state index is 0.236. The molecule has 1 aliphatic rings. The Balaban J connectivity index is 1.91. The maximum Gasteiger partial charge on any atom is 0.293 e. The molecule has 0 saturated heterocycles. The van der Waals surface area contributed by atoms with Crippen LogP contribution in [0.15, 0.2) is 36.4 Å². The molecule has 2 aromatic carbocycles. The van der Waals surface area contributed by atoms with Gasteiger partial charge in [-0.1, -0.05) is 55.0 Å². The molecule has 8 nitrogen and oxygen atoms in total. The van der Waals surface area contributed by atoms with E-state index in [4.69, 9.17) is 9.47 Å². The fourth-order valence-electron chi connectivity index (χ4n) is 4.73. The van der Waals surface area contributed by atoms with Crippen molar-refractivity contribution in [1.82, 2.24) is 20.6 Å². The van der Waals surface area contributed by atoms with Gasteiger partial charge in [0.25, 0.3) is 12.9 Å². The number of rotatable bonds is 9. The Hall–Kier alpha value is -3.55. The van der Waals surface area contributed by atoms with Crippen LogP contribution in [0.5, 0.6) is 0 Å². The normalized spacial score (nSPS) is 14.1. The molecule has 0 aliphatic heterocycles. The lowest BCUT2D eigenvalue weighted by Gasteiger charge is -2.34. The van der Waals surface area contributed by atoms with E-state index in [0.717, 1.165) is 47.9 Å². The Kier molecular flexibility index (Phi) is 6.06. The summed E-state index contributed by atoms with van der Waals surface area (Å²) in [6.07, 6.45) is 3.36. The minimum Gasteiger partial charge on any atom is -0.463 e. The lowest BCUT2D eigenvalue weighted by atomic mass is 9.68. The maximum atomic E-state index is 10.6. The molecular formula is C23H24N4O4. The Morgan fingerprint density at radius 3 is 2.00 bits per heavy atom. The van der Waals surface area contributed by atoms with E-state index in [1.54, 1.807) is 0 Å². The number of fused-ring (bicyclic) bond motifs is 2. The van der Waals surface area contributed by atoms with Crippen molar-refractivity contribution in [1.29, 1.82) is 0 Å². The van der Waals surface area contributed by atoms with Crippen molar-refractivity contribution >= 4 is 12.9 Å². The first kappa shape index (κ1) is 20.7. The molecule has 0 saturated carbocycles. The molecule has 1 heterocycles. The predicted molar refractivity (Wildman–Crippen MR) is 111 cm³/mol. The molecule has 0 atom stereocenters. The summed E-state index contributed by atoms with van der Waals surface area (Å²) in [5.41, 5.74) is 5.95. The van der Waals surface area contributed by atoms with E-state index in [0.29, 0.717) is 18.8 Å². The standard InChI is InChI=1S/C23H24N4O4/c1-2-9-23(22-24-26-27-25-22)20-7-3-16(12-30-14-28)10-18(20)5-6-19-11-17(13-31-15-29)4-8-21(19)23/h3-4,7-8,10-11,14-15H,2,5-6,9,12-13H2,1H3,(H,24,25,26,27). The quantitative estimate of drug-likeness (QED) is 0.530. The van der Waals surface area contributed by atoms with Crippen molar-refractivity contribution in [2.24, 2.45) is 0 Å². The van der Waals surface area contributed by atoms with Gasteiger partial charge in [0, 0.05) is 0 Å². The Bertz CT molecular complexity index is 1000. The zero-order valence-electron chi connectivity index (χ0n) is 17.3. The number of aromatic nitrogens is 4. The summed E-state index contributed by atoms with van der Waals surface area (Å²) in [6, 6.07) is 12.4. The molecule has 0 radical (unpaired) electrons. The summed E-state index contributed by atoms with van der Waals surface area (Å²) in [4.78, 5) is 21.3. The molecule has 3 aromatic rings. The SMILES string of the molecule is CCCC1(c2nn[nH]n2)c2ccc(COC=O)cc2CCc2cc(COC=O)ccc21. The number of carbonyl (C=O) groups is 2. The van der Waals surface area contributed by atoms with Gasteiger partial charge in [-0.3, -0.25) is 9.59 Å². The van der Waals surface area contributed by atoms with E-state index in [-0.39, 0.29) is 13.2 Å². The van der Waals surface area contributed by atoms with Crippen LogP contribution in [0.3, 0.4) is 0 Å². The molecule has 1 aliphatic carbocycles. The van der Waals surface area contributed by atoms with Crippen molar-refractivity contribution in [3.05, 3.63) is 75.6 Å². The third-order valence-corrected chi connectivity index (χ3v) is 5.91. The molecule has 8 heteroatoms. The molecule has 0 unspecified atom stereocenters. The van der Waals surface area contributed by atoms with Gasteiger partial charge in [-0.15, -0.1) is 10.2 Å².